The van der Waals surface area contributed by atoms with E-state index in [1.165, 1.54) is 19.1 Å². The largest absolute Gasteiger partial charge is 0.342 e. The Balaban J connectivity index is 1.95. The van der Waals surface area contributed by atoms with Crippen molar-refractivity contribution in [3.63, 3.8) is 0 Å². The molecule has 0 spiro atoms. The molecule has 0 aliphatic carbocycles. The summed E-state index contributed by atoms with van der Waals surface area (Å²) in [4.78, 5) is 18.8. The highest BCUT2D eigenvalue weighted by molar-refractivity contribution is 7.92. The van der Waals surface area contributed by atoms with Crippen LogP contribution in [0.3, 0.4) is 0 Å². The number of carbonyl (C=O) groups excluding carboxylic acids is 1. The van der Waals surface area contributed by atoms with Crippen molar-refractivity contribution in [2.75, 3.05) is 4.72 Å². The Bertz CT molecular complexity index is 1010. The quantitative estimate of drug-likeness (QED) is 0.720. The minimum Gasteiger partial charge on any atom is -0.342 e. The first-order chi connectivity index (χ1) is 10.8. The number of Topliss-reactive ketones (excluding diaryl/α,β-unsaturated/α-hetero) is 1. The van der Waals surface area contributed by atoms with E-state index in [1.54, 1.807) is 30.3 Å². The SMILES string of the molecule is CC(=O)c1cccc(S(=O)(=O)Nc2ccc3nc(C)[nH]c3c2)c1. The number of benzene rings is 2. The molecule has 118 valence electrons. The lowest BCUT2D eigenvalue weighted by Gasteiger charge is -2.09. The number of sulfonamides is 1. The Morgan fingerprint density at radius 1 is 1.17 bits per heavy atom. The molecule has 0 saturated heterocycles. The van der Waals surface area contributed by atoms with Crippen LogP contribution in [0.2, 0.25) is 0 Å². The van der Waals surface area contributed by atoms with E-state index in [2.05, 4.69) is 14.7 Å². The summed E-state index contributed by atoms with van der Waals surface area (Å²) in [6.45, 7) is 3.23. The molecule has 23 heavy (non-hydrogen) atoms. The summed E-state index contributed by atoms with van der Waals surface area (Å²) in [6.07, 6.45) is 0. The number of imidazole rings is 1. The molecule has 3 rings (SSSR count). The summed E-state index contributed by atoms with van der Waals surface area (Å²) >= 11 is 0. The predicted octanol–water partition coefficient (Wildman–Crippen LogP) is 2.87. The number of anilines is 1. The zero-order valence-electron chi connectivity index (χ0n) is 12.6. The average molecular weight is 329 g/mol. The van der Waals surface area contributed by atoms with Gasteiger partial charge in [-0.3, -0.25) is 9.52 Å². The average Bonchev–Trinajstić information content (AvgIpc) is 2.86. The van der Waals surface area contributed by atoms with E-state index in [1.807, 2.05) is 6.92 Å². The zero-order valence-corrected chi connectivity index (χ0v) is 13.4. The Kier molecular flexibility index (Phi) is 3.65. The molecule has 0 unspecified atom stereocenters. The number of ketones is 1. The fraction of sp³-hybridized carbons (Fsp3) is 0.125. The van der Waals surface area contributed by atoms with Crippen molar-refractivity contribution >= 4 is 32.5 Å². The number of aryl methyl sites for hydroxylation is 1. The molecule has 0 amide bonds. The number of aromatic amines is 1. The summed E-state index contributed by atoms with van der Waals surface area (Å²) in [5.41, 5.74) is 2.30. The van der Waals surface area contributed by atoms with Crippen LogP contribution in [0.5, 0.6) is 0 Å². The normalized spacial score (nSPS) is 11.6. The lowest BCUT2D eigenvalue weighted by molar-refractivity contribution is 0.101. The van der Waals surface area contributed by atoms with Crippen molar-refractivity contribution in [1.82, 2.24) is 9.97 Å². The lowest BCUT2D eigenvalue weighted by Crippen LogP contribution is -2.13. The second kappa shape index (κ2) is 5.51. The maximum Gasteiger partial charge on any atom is 0.261 e. The highest BCUT2D eigenvalue weighted by atomic mass is 32.2. The van der Waals surface area contributed by atoms with Gasteiger partial charge in [0.05, 0.1) is 21.6 Å². The van der Waals surface area contributed by atoms with Gasteiger partial charge in [-0.25, -0.2) is 13.4 Å². The number of nitrogens with zero attached hydrogens (tertiary/aromatic N) is 1. The maximum atomic E-state index is 12.5. The molecule has 1 aromatic heterocycles. The van der Waals surface area contributed by atoms with Crippen LogP contribution in [0.4, 0.5) is 5.69 Å². The van der Waals surface area contributed by atoms with Crippen molar-refractivity contribution in [3.8, 4) is 0 Å². The van der Waals surface area contributed by atoms with E-state index < -0.39 is 10.0 Å². The number of fused-ring (bicyclic) bond motifs is 1. The highest BCUT2D eigenvalue weighted by Crippen LogP contribution is 2.21. The molecule has 0 saturated carbocycles. The lowest BCUT2D eigenvalue weighted by atomic mass is 10.2. The molecule has 0 radical (unpaired) electrons. The Morgan fingerprint density at radius 3 is 2.70 bits per heavy atom. The highest BCUT2D eigenvalue weighted by Gasteiger charge is 2.16. The van der Waals surface area contributed by atoms with Crippen LogP contribution >= 0.6 is 0 Å². The summed E-state index contributed by atoms with van der Waals surface area (Å²) in [5, 5.41) is 0. The van der Waals surface area contributed by atoms with Gasteiger partial charge in [0.25, 0.3) is 10.0 Å². The van der Waals surface area contributed by atoms with Gasteiger partial charge in [-0.2, -0.15) is 0 Å². The standard InChI is InChI=1S/C16H15N3O3S/c1-10(20)12-4-3-5-14(8-12)23(21,22)19-13-6-7-15-16(9-13)18-11(2)17-15/h3-9,19H,1-2H3,(H,17,18). The van der Waals surface area contributed by atoms with Crippen LogP contribution in [0.1, 0.15) is 23.1 Å². The first-order valence-electron chi connectivity index (χ1n) is 6.95. The molecule has 0 fully saturated rings. The third kappa shape index (κ3) is 3.09. The van der Waals surface area contributed by atoms with Gasteiger partial charge >= 0.3 is 0 Å². The van der Waals surface area contributed by atoms with E-state index >= 15 is 0 Å². The molecule has 3 aromatic rings. The third-order valence-electron chi connectivity index (χ3n) is 3.40. The van der Waals surface area contributed by atoms with Crippen molar-refractivity contribution in [2.24, 2.45) is 0 Å². The topological polar surface area (TPSA) is 91.9 Å². The molecule has 0 bridgehead atoms. The summed E-state index contributed by atoms with van der Waals surface area (Å²) in [7, 11) is -3.77. The summed E-state index contributed by atoms with van der Waals surface area (Å²) < 4.78 is 27.5. The fourth-order valence-corrected chi connectivity index (χ4v) is 3.39. The van der Waals surface area contributed by atoms with Crippen molar-refractivity contribution in [3.05, 3.63) is 53.9 Å². The van der Waals surface area contributed by atoms with E-state index in [0.717, 1.165) is 16.9 Å². The van der Waals surface area contributed by atoms with Crippen LogP contribution in [-0.4, -0.2) is 24.2 Å². The van der Waals surface area contributed by atoms with Gasteiger partial charge < -0.3 is 4.98 Å². The number of nitrogens with one attached hydrogen (secondary N) is 2. The Morgan fingerprint density at radius 2 is 1.96 bits per heavy atom. The van der Waals surface area contributed by atoms with Gasteiger partial charge in [0.2, 0.25) is 0 Å². The van der Waals surface area contributed by atoms with Gasteiger partial charge in [-0.05, 0) is 44.2 Å². The van der Waals surface area contributed by atoms with Gasteiger partial charge in [0.15, 0.2) is 5.78 Å². The van der Waals surface area contributed by atoms with Crippen LogP contribution in [-0.2, 0) is 10.0 Å². The molecule has 2 N–H and O–H groups in total. The Hall–Kier alpha value is -2.67. The van der Waals surface area contributed by atoms with E-state index in [4.69, 9.17) is 0 Å². The summed E-state index contributed by atoms with van der Waals surface area (Å²) in [6, 6.07) is 11.0. The second-order valence-corrected chi connectivity index (χ2v) is 6.93. The molecular formula is C16H15N3O3S. The first-order valence-corrected chi connectivity index (χ1v) is 8.44. The second-order valence-electron chi connectivity index (χ2n) is 5.24. The van der Waals surface area contributed by atoms with E-state index in [0.29, 0.717) is 11.3 Å². The third-order valence-corrected chi connectivity index (χ3v) is 4.78. The molecule has 0 atom stereocenters. The molecular weight excluding hydrogens is 314 g/mol. The van der Waals surface area contributed by atoms with E-state index in [-0.39, 0.29) is 10.7 Å². The van der Waals surface area contributed by atoms with E-state index in [9.17, 15) is 13.2 Å². The molecule has 0 aliphatic heterocycles. The number of hydrogen-bond acceptors (Lipinski definition) is 4. The molecule has 1 heterocycles. The van der Waals surface area contributed by atoms with Crippen LogP contribution in [0.15, 0.2) is 47.4 Å². The molecule has 2 aromatic carbocycles. The number of H-pyrrole nitrogens is 1. The summed E-state index contributed by atoms with van der Waals surface area (Å²) in [5.74, 6) is 0.575. The first kappa shape index (κ1) is 15.2. The van der Waals surface area contributed by atoms with Crippen LogP contribution < -0.4 is 4.72 Å². The smallest absolute Gasteiger partial charge is 0.261 e. The van der Waals surface area contributed by atoms with Gasteiger partial charge in [-0.1, -0.05) is 12.1 Å². The number of hydrogen-bond donors (Lipinski definition) is 2. The van der Waals surface area contributed by atoms with Crippen molar-refractivity contribution in [1.29, 1.82) is 0 Å². The predicted molar refractivity (Wildman–Crippen MR) is 88.1 cm³/mol. The molecule has 0 aliphatic rings. The molecule has 6 nitrogen and oxygen atoms in total. The molecule has 7 heteroatoms. The van der Waals surface area contributed by atoms with Crippen LogP contribution in [0, 0.1) is 6.92 Å². The minimum absolute atomic E-state index is 0.0473. The fourth-order valence-electron chi connectivity index (χ4n) is 2.30. The maximum absolute atomic E-state index is 12.5. The number of carbonyl (C=O) groups is 1. The zero-order chi connectivity index (χ0) is 16.6. The monoisotopic (exact) mass is 329 g/mol. The van der Waals surface area contributed by atoms with Gasteiger partial charge in [0.1, 0.15) is 5.82 Å². The van der Waals surface area contributed by atoms with Gasteiger partial charge in [0, 0.05) is 5.56 Å². The number of aromatic nitrogens is 2. The van der Waals surface area contributed by atoms with Crippen molar-refractivity contribution < 1.29 is 13.2 Å². The minimum atomic E-state index is -3.77. The number of rotatable bonds is 4. The van der Waals surface area contributed by atoms with Crippen LogP contribution in [0.25, 0.3) is 11.0 Å². The van der Waals surface area contributed by atoms with Gasteiger partial charge in [-0.15, -0.1) is 0 Å². The van der Waals surface area contributed by atoms with Crippen molar-refractivity contribution in [2.45, 2.75) is 18.7 Å². The Labute approximate surface area is 133 Å².